The van der Waals surface area contributed by atoms with Crippen LogP contribution in [0.5, 0.6) is 0 Å². The zero-order chi connectivity index (χ0) is 12.7. The number of hydrogen-bond donors (Lipinski definition) is 2. The molecule has 0 spiro atoms. The third-order valence-electron chi connectivity index (χ3n) is 3.48. The van der Waals surface area contributed by atoms with Crippen LogP contribution in [-0.2, 0) is 9.53 Å². The molecule has 100 valence electrons. The van der Waals surface area contributed by atoms with Crippen LogP contribution in [-0.4, -0.2) is 36.4 Å². The van der Waals surface area contributed by atoms with Crippen molar-refractivity contribution in [3.8, 4) is 0 Å². The second-order valence-corrected chi connectivity index (χ2v) is 4.77. The first-order valence-corrected chi connectivity index (χ1v) is 6.74. The van der Waals surface area contributed by atoms with E-state index in [2.05, 4.69) is 12.2 Å². The number of carbonyl (C=O) groups is 1. The molecule has 0 radical (unpaired) electrons. The normalized spacial score (nSPS) is 26.5. The van der Waals surface area contributed by atoms with E-state index >= 15 is 0 Å². The fourth-order valence-electron chi connectivity index (χ4n) is 2.45. The lowest BCUT2D eigenvalue weighted by Crippen LogP contribution is -2.43. The third-order valence-corrected chi connectivity index (χ3v) is 3.48. The van der Waals surface area contributed by atoms with Gasteiger partial charge in [0.1, 0.15) is 0 Å². The zero-order valence-corrected chi connectivity index (χ0v) is 10.9. The summed E-state index contributed by atoms with van der Waals surface area (Å²) in [6.07, 6.45) is 4.84. The Morgan fingerprint density at radius 1 is 1.47 bits per heavy atom. The summed E-state index contributed by atoms with van der Waals surface area (Å²) in [5.74, 6) is -0.0200. The van der Waals surface area contributed by atoms with Crippen molar-refractivity contribution in [2.75, 3.05) is 13.2 Å². The number of hydrogen-bond acceptors (Lipinski definition) is 4. The number of aliphatic hydroxyl groups is 1. The minimum absolute atomic E-state index is 0.0393. The zero-order valence-electron chi connectivity index (χ0n) is 10.9. The highest BCUT2D eigenvalue weighted by Crippen LogP contribution is 2.25. The van der Waals surface area contributed by atoms with Gasteiger partial charge in [-0.1, -0.05) is 13.3 Å². The van der Waals surface area contributed by atoms with Crippen LogP contribution in [0.2, 0.25) is 0 Å². The largest absolute Gasteiger partial charge is 0.466 e. The topological polar surface area (TPSA) is 58.6 Å². The van der Waals surface area contributed by atoms with Crippen molar-refractivity contribution in [1.29, 1.82) is 0 Å². The van der Waals surface area contributed by atoms with Gasteiger partial charge in [0.05, 0.1) is 19.1 Å². The Bertz CT molecular complexity index is 229. The highest BCUT2D eigenvalue weighted by atomic mass is 16.5. The molecule has 1 fully saturated rings. The first-order chi connectivity index (χ1) is 8.21. The molecule has 0 aliphatic heterocycles. The van der Waals surface area contributed by atoms with Gasteiger partial charge in [-0.05, 0) is 32.6 Å². The lowest BCUT2D eigenvalue weighted by molar-refractivity contribution is -0.149. The molecule has 1 aliphatic rings. The molecule has 0 aromatic rings. The second-order valence-electron chi connectivity index (χ2n) is 4.77. The van der Waals surface area contributed by atoms with Crippen LogP contribution < -0.4 is 5.32 Å². The van der Waals surface area contributed by atoms with Crippen molar-refractivity contribution in [2.24, 2.45) is 5.92 Å². The number of ether oxygens (including phenoxy) is 1. The minimum Gasteiger partial charge on any atom is -0.466 e. The predicted molar refractivity (Wildman–Crippen MR) is 66.7 cm³/mol. The summed E-state index contributed by atoms with van der Waals surface area (Å²) in [4.78, 5) is 11.7. The van der Waals surface area contributed by atoms with Crippen molar-refractivity contribution in [2.45, 2.75) is 58.0 Å². The van der Waals surface area contributed by atoms with Crippen LogP contribution in [0.3, 0.4) is 0 Å². The Hall–Kier alpha value is -0.610. The molecular weight excluding hydrogens is 218 g/mol. The summed E-state index contributed by atoms with van der Waals surface area (Å²) in [6, 6.07) is 0.496. The molecule has 1 aliphatic carbocycles. The van der Waals surface area contributed by atoms with Gasteiger partial charge >= 0.3 is 5.97 Å². The van der Waals surface area contributed by atoms with Crippen molar-refractivity contribution < 1.29 is 14.6 Å². The molecule has 4 nitrogen and oxygen atoms in total. The number of esters is 1. The first-order valence-electron chi connectivity index (χ1n) is 6.74. The van der Waals surface area contributed by atoms with E-state index in [-0.39, 0.29) is 24.5 Å². The SMILES string of the molecule is CCOC(=O)C1CCCC(N[C@H](CC)CO)C1. The number of rotatable bonds is 6. The lowest BCUT2D eigenvalue weighted by Gasteiger charge is -2.31. The summed E-state index contributed by atoms with van der Waals surface area (Å²) in [5.41, 5.74) is 0. The van der Waals surface area contributed by atoms with Gasteiger partial charge in [-0.15, -0.1) is 0 Å². The van der Waals surface area contributed by atoms with E-state index in [1.807, 2.05) is 6.92 Å². The van der Waals surface area contributed by atoms with Crippen molar-refractivity contribution in [3.63, 3.8) is 0 Å². The van der Waals surface area contributed by atoms with Gasteiger partial charge in [0.25, 0.3) is 0 Å². The van der Waals surface area contributed by atoms with Gasteiger partial charge in [0.15, 0.2) is 0 Å². The molecular formula is C13H25NO3. The van der Waals surface area contributed by atoms with E-state index < -0.39 is 0 Å². The number of aliphatic hydroxyl groups excluding tert-OH is 1. The molecule has 0 aromatic heterocycles. The molecule has 1 rings (SSSR count). The van der Waals surface area contributed by atoms with Gasteiger partial charge in [-0.2, -0.15) is 0 Å². The summed E-state index contributed by atoms with van der Waals surface area (Å²) in [6.45, 7) is 4.52. The third kappa shape index (κ3) is 4.64. The molecule has 17 heavy (non-hydrogen) atoms. The van der Waals surface area contributed by atoms with Gasteiger partial charge in [-0.25, -0.2) is 0 Å². The molecule has 0 heterocycles. The van der Waals surface area contributed by atoms with Crippen LogP contribution in [0.25, 0.3) is 0 Å². The maximum atomic E-state index is 11.7. The summed E-state index contributed by atoms with van der Waals surface area (Å²) >= 11 is 0. The molecule has 0 amide bonds. The van der Waals surface area contributed by atoms with Crippen molar-refractivity contribution in [1.82, 2.24) is 5.32 Å². The second kappa shape index (κ2) is 7.67. The Kier molecular flexibility index (Phi) is 6.52. The standard InChI is InChI=1S/C13H25NO3/c1-3-11(9-15)14-12-7-5-6-10(8-12)13(16)17-4-2/h10-12,14-15H,3-9H2,1-2H3/t10?,11-,12?/m1/s1. The molecule has 0 bridgehead atoms. The van der Waals surface area contributed by atoms with E-state index in [4.69, 9.17) is 9.84 Å². The highest BCUT2D eigenvalue weighted by molar-refractivity contribution is 5.72. The fourth-order valence-corrected chi connectivity index (χ4v) is 2.45. The smallest absolute Gasteiger partial charge is 0.308 e. The Morgan fingerprint density at radius 3 is 2.82 bits per heavy atom. The number of nitrogens with one attached hydrogen (secondary N) is 1. The molecule has 3 atom stereocenters. The maximum Gasteiger partial charge on any atom is 0.308 e. The Balaban J connectivity index is 2.40. The van der Waals surface area contributed by atoms with Crippen LogP contribution in [0.4, 0.5) is 0 Å². The fraction of sp³-hybridized carbons (Fsp3) is 0.923. The number of carbonyl (C=O) groups excluding carboxylic acids is 1. The van der Waals surface area contributed by atoms with Crippen LogP contribution in [0.15, 0.2) is 0 Å². The molecule has 2 N–H and O–H groups in total. The van der Waals surface area contributed by atoms with Crippen molar-refractivity contribution in [3.05, 3.63) is 0 Å². The summed E-state index contributed by atoms with van der Waals surface area (Å²) in [7, 11) is 0. The highest BCUT2D eigenvalue weighted by Gasteiger charge is 2.28. The molecule has 4 heteroatoms. The van der Waals surface area contributed by atoms with Gasteiger partial charge in [0, 0.05) is 12.1 Å². The van der Waals surface area contributed by atoms with E-state index in [1.165, 1.54) is 0 Å². The van der Waals surface area contributed by atoms with E-state index in [1.54, 1.807) is 0 Å². The lowest BCUT2D eigenvalue weighted by atomic mass is 9.85. The average molecular weight is 243 g/mol. The Morgan fingerprint density at radius 2 is 2.24 bits per heavy atom. The summed E-state index contributed by atoms with van der Waals surface area (Å²) in [5, 5.41) is 12.6. The predicted octanol–water partition coefficient (Wildman–Crippen LogP) is 1.47. The summed E-state index contributed by atoms with van der Waals surface area (Å²) < 4.78 is 5.07. The van der Waals surface area contributed by atoms with Gasteiger partial charge in [0.2, 0.25) is 0 Å². The molecule has 1 saturated carbocycles. The average Bonchev–Trinajstić information content (AvgIpc) is 2.36. The monoisotopic (exact) mass is 243 g/mol. The molecule has 2 unspecified atom stereocenters. The van der Waals surface area contributed by atoms with Gasteiger partial charge in [-0.3, -0.25) is 4.79 Å². The van der Waals surface area contributed by atoms with Crippen LogP contribution in [0, 0.1) is 5.92 Å². The van der Waals surface area contributed by atoms with Crippen molar-refractivity contribution >= 4 is 5.97 Å². The first kappa shape index (κ1) is 14.5. The van der Waals surface area contributed by atoms with E-state index in [9.17, 15) is 4.79 Å². The molecule has 0 saturated heterocycles. The van der Waals surface area contributed by atoms with Crippen LogP contribution in [0.1, 0.15) is 46.0 Å². The maximum absolute atomic E-state index is 11.7. The van der Waals surface area contributed by atoms with Crippen LogP contribution >= 0.6 is 0 Å². The quantitative estimate of drug-likeness (QED) is 0.694. The van der Waals surface area contributed by atoms with Gasteiger partial charge < -0.3 is 15.2 Å². The molecule has 0 aromatic carbocycles. The minimum atomic E-state index is -0.0592. The van der Waals surface area contributed by atoms with E-state index in [0.29, 0.717) is 12.6 Å². The van der Waals surface area contributed by atoms with E-state index in [0.717, 1.165) is 32.1 Å². The Labute approximate surface area is 104 Å².